The molecule has 23 heavy (non-hydrogen) atoms. The first kappa shape index (κ1) is 15.8. The van der Waals surface area contributed by atoms with Crippen molar-refractivity contribution < 1.29 is 14.3 Å². The van der Waals surface area contributed by atoms with E-state index in [0.717, 1.165) is 24.8 Å². The lowest BCUT2D eigenvalue weighted by Crippen LogP contribution is -2.45. The molecule has 0 radical (unpaired) electrons. The molecule has 2 unspecified atom stereocenters. The Balaban J connectivity index is 1.81. The highest BCUT2D eigenvalue weighted by molar-refractivity contribution is 5.75. The molecule has 3 heterocycles. The van der Waals surface area contributed by atoms with Crippen LogP contribution in [0.4, 0.5) is 4.79 Å². The van der Waals surface area contributed by atoms with Gasteiger partial charge in [0.1, 0.15) is 5.60 Å². The number of carbonyl (C=O) groups is 1. The van der Waals surface area contributed by atoms with Gasteiger partial charge < -0.3 is 9.47 Å². The lowest BCUT2D eigenvalue weighted by atomic mass is 9.95. The lowest BCUT2D eigenvalue weighted by Gasteiger charge is -2.35. The normalized spacial score (nSPS) is 23.5. The van der Waals surface area contributed by atoms with Crippen LogP contribution in [0.25, 0.3) is 5.57 Å². The van der Waals surface area contributed by atoms with E-state index in [0.29, 0.717) is 5.88 Å². The van der Waals surface area contributed by atoms with Crippen molar-refractivity contribution in [3.8, 4) is 5.88 Å². The van der Waals surface area contributed by atoms with Crippen LogP contribution in [0, 0.1) is 0 Å². The van der Waals surface area contributed by atoms with E-state index in [1.807, 2.05) is 37.8 Å². The summed E-state index contributed by atoms with van der Waals surface area (Å²) in [6.07, 6.45) is 6.62. The highest BCUT2D eigenvalue weighted by atomic mass is 16.6. The number of nitrogens with zero attached hydrogens (tertiary/aromatic N) is 2. The summed E-state index contributed by atoms with van der Waals surface area (Å²) < 4.78 is 10.8. The van der Waals surface area contributed by atoms with Crippen LogP contribution in [-0.4, -0.2) is 40.8 Å². The largest absolute Gasteiger partial charge is 0.481 e. The molecule has 0 aliphatic carbocycles. The second-order valence-electron chi connectivity index (χ2n) is 7.17. The zero-order valence-electron chi connectivity index (χ0n) is 14.2. The standard InChI is InChI=1S/C18H24N2O3/c1-18(2,3)23-17(21)20-14-5-6-15(20)10-13(9-14)12-7-8-19-16(11-12)22-4/h7-9,11,14-15H,5-6,10H2,1-4H3. The van der Waals surface area contributed by atoms with E-state index in [9.17, 15) is 4.79 Å². The summed E-state index contributed by atoms with van der Waals surface area (Å²) in [4.78, 5) is 18.5. The minimum Gasteiger partial charge on any atom is -0.481 e. The Morgan fingerprint density at radius 2 is 2.13 bits per heavy atom. The van der Waals surface area contributed by atoms with Crippen LogP contribution >= 0.6 is 0 Å². The molecule has 1 fully saturated rings. The fraction of sp³-hybridized carbons (Fsp3) is 0.556. The molecule has 3 rings (SSSR count). The predicted molar refractivity (Wildman–Crippen MR) is 88.3 cm³/mol. The van der Waals surface area contributed by atoms with Crippen LogP contribution in [0.15, 0.2) is 24.4 Å². The summed E-state index contributed by atoms with van der Waals surface area (Å²) in [5.74, 6) is 0.616. The van der Waals surface area contributed by atoms with Gasteiger partial charge in [-0.2, -0.15) is 0 Å². The SMILES string of the molecule is COc1cc(C2=CC3CCC(C2)N3C(=O)OC(C)(C)C)ccn1. The molecule has 2 aliphatic rings. The van der Waals surface area contributed by atoms with E-state index in [-0.39, 0.29) is 18.2 Å². The summed E-state index contributed by atoms with van der Waals surface area (Å²) in [6, 6.07) is 4.29. The number of pyridine rings is 1. The molecule has 1 aromatic heterocycles. The van der Waals surface area contributed by atoms with Crippen LogP contribution in [0.3, 0.4) is 0 Å². The van der Waals surface area contributed by atoms with Crippen LogP contribution in [-0.2, 0) is 4.74 Å². The van der Waals surface area contributed by atoms with Crippen molar-refractivity contribution in [3.05, 3.63) is 30.0 Å². The molecule has 1 amide bonds. The first-order valence-corrected chi connectivity index (χ1v) is 8.10. The van der Waals surface area contributed by atoms with Gasteiger partial charge in [-0.05, 0) is 57.2 Å². The topological polar surface area (TPSA) is 51.7 Å². The molecule has 2 bridgehead atoms. The Hall–Kier alpha value is -2.04. The number of aromatic nitrogens is 1. The minimum absolute atomic E-state index is 0.123. The fourth-order valence-corrected chi connectivity index (χ4v) is 3.36. The minimum atomic E-state index is -0.459. The maximum atomic E-state index is 12.5. The molecule has 0 aromatic carbocycles. The van der Waals surface area contributed by atoms with Gasteiger partial charge in [-0.25, -0.2) is 9.78 Å². The van der Waals surface area contributed by atoms with Crippen LogP contribution < -0.4 is 4.74 Å². The molecular weight excluding hydrogens is 292 g/mol. The van der Waals surface area contributed by atoms with Crippen molar-refractivity contribution in [2.45, 2.75) is 57.7 Å². The van der Waals surface area contributed by atoms with E-state index in [1.54, 1.807) is 13.3 Å². The molecule has 5 heteroatoms. The molecular formula is C18H24N2O3. The maximum Gasteiger partial charge on any atom is 0.411 e. The summed E-state index contributed by atoms with van der Waals surface area (Å²) in [7, 11) is 1.62. The van der Waals surface area contributed by atoms with Crippen molar-refractivity contribution in [3.63, 3.8) is 0 Å². The summed E-state index contributed by atoms with van der Waals surface area (Å²) in [5, 5.41) is 0. The van der Waals surface area contributed by atoms with Gasteiger partial charge in [0.05, 0.1) is 13.2 Å². The van der Waals surface area contributed by atoms with E-state index >= 15 is 0 Å². The number of amides is 1. The maximum absolute atomic E-state index is 12.5. The molecule has 0 saturated carbocycles. The summed E-state index contributed by atoms with van der Waals surface area (Å²) in [6.45, 7) is 5.71. The number of methoxy groups -OCH3 is 1. The first-order chi connectivity index (χ1) is 10.9. The molecule has 0 N–H and O–H groups in total. The molecule has 5 nitrogen and oxygen atoms in total. The van der Waals surface area contributed by atoms with Crippen LogP contribution in [0.1, 0.15) is 45.6 Å². The van der Waals surface area contributed by atoms with Gasteiger partial charge in [0.25, 0.3) is 0 Å². The fourth-order valence-electron chi connectivity index (χ4n) is 3.36. The Labute approximate surface area is 137 Å². The highest BCUT2D eigenvalue weighted by Crippen LogP contribution is 2.39. The van der Waals surface area contributed by atoms with Crippen LogP contribution in [0.5, 0.6) is 5.88 Å². The Morgan fingerprint density at radius 3 is 2.78 bits per heavy atom. The Bertz CT molecular complexity index is 633. The number of fused-ring (bicyclic) bond motifs is 2. The van der Waals surface area contributed by atoms with Crippen LogP contribution in [0.2, 0.25) is 0 Å². The molecule has 2 aliphatic heterocycles. The number of ether oxygens (including phenoxy) is 2. The third kappa shape index (κ3) is 3.33. The number of rotatable bonds is 2. The molecule has 2 atom stereocenters. The summed E-state index contributed by atoms with van der Waals surface area (Å²) >= 11 is 0. The van der Waals surface area contributed by atoms with Gasteiger partial charge in [0.2, 0.25) is 5.88 Å². The predicted octanol–water partition coefficient (Wildman–Crippen LogP) is 3.65. The summed E-state index contributed by atoms with van der Waals surface area (Å²) in [5.41, 5.74) is 1.93. The van der Waals surface area contributed by atoms with E-state index < -0.39 is 5.60 Å². The van der Waals surface area contributed by atoms with Gasteiger partial charge >= 0.3 is 6.09 Å². The van der Waals surface area contributed by atoms with Crippen molar-refractivity contribution >= 4 is 11.7 Å². The van der Waals surface area contributed by atoms with E-state index in [2.05, 4.69) is 11.1 Å². The van der Waals surface area contributed by atoms with Gasteiger partial charge in [-0.3, -0.25) is 4.90 Å². The third-order valence-corrected chi connectivity index (χ3v) is 4.31. The average Bonchev–Trinajstić information content (AvgIpc) is 2.76. The first-order valence-electron chi connectivity index (χ1n) is 8.10. The smallest absolute Gasteiger partial charge is 0.411 e. The van der Waals surface area contributed by atoms with Crippen molar-refractivity contribution in [1.29, 1.82) is 0 Å². The van der Waals surface area contributed by atoms with E-state index in [4.69, 9.17) is 9.47 Å². The highest BCUT2D eigenvalue weighted by Gasteiger charge is 2.41. The average molecular weight is 316 g/mol. The molecule has 124 valence electrons. The van der Waals surface area contributed by atoms with Gasteiger partial charge in [-0.15, -0.1) is 0 Å². The number of carbonyl (C=O) groups excluding carboxylic acids is 1. The van der Waals surface area contributed by atoms with Gasteiger partial charge in [-0.1, -0.05) is 6.08 Å². The number of hydrogen-bond donors (Lipinski definition) is 0. The molecule has 0 spiro atoms. The van der Waals surface area contributed by atoms with E-state index in [1.165, 1.54) is 5.57 Å². The Morgan fingerprint density at radius 1 is 1.35 bits per heavy atom. The lowest BCUT2D eigenvalue weighted by molar-refractivity contribution is 0.0175. The zero-order valence-corrected chi connectivity index (χ0v) is 14.2. The quantitative estimate of drug-likeness (QED) is 0.836. The van der Waals surface area contributed by atoms with Crippen molar-refractivity contribution in [2.75, 3.05) is 7.11 Å². The zero-order chi connectivity index (χ0) is 16.6. The monoisotopic (exact) mass is 316 g/mol. The van der Waals surface area contributed by atoms with Gasteiger partial charge in [0.15, 0.2) is 0 Å². The Kier molecular flexibility index (Phi) is 4.04. The third-order valence-electron chi connectivity index (χ3n) is 4.31. The second kappa shape index (κ2) is 5.87. The second-order valence-corrected chi connectivity index (χ2v) is 7.17. The molecule has 1 saturated heterocycles. The van der Waals surface area contributed by atoms with Crippen molar-refractivity contribution in [2.24, 2.45) is 0 Å². The van der Waals surface area contributed by atoms with Gasteiger partial charge in [0, 0.05) is 18.3 Å². The number of hydrogen-bond acceptors (Lipinski definition) is 4. The molecule has 1 aromatic rings. The van der Waals surface area contributed by atoms with Crippen molar-refractivity contribution in [1.82, 2.24) is 9.88 Å².